The summed E-state index contributed by atoms with van der Waals surface area (Å²) in [4.78, 5) is 18.7. The molecule has 0 unspecified atom stereocenters. The second kappa shape index (κ2) is 10.4. The molecule has 0 saturated carbocycles. The number of benzene rings is 1. The van der Waals surface area contributed by atoms with Crippen molar-refractivity contribution in [2.45, 2.75) is 39.2 Å². The molecule has 3 rings (SSSR count). The van der Waals surface area contributed by atoms with Crippen LogP contribution in [0.2, 0.25) is 0 Å². The smallest absolute Gasteiger partial charge is 0.246 e. The first kappa shape index (κ1) is 22.2. The molecule has 1 aliphatic heterocycles. The summed E-state index contributed by atoms with van der Waals surface area (Å²) in [6.07, 6.45) is 2.01. The molecule has 1 aromatic heterocycles. The fraction of sp³-hybridized carbons (Fsp3) is 0.450. The summed E-state index contributed by atoms with van der Waals surface area (Å²) in [7, 11) is 1.68. The molecule has 0 fully saturated rings. The average Bonchev–Trinajstić information content (AvgIpc) is 3.17. The summed E-state index contributed by atoms with van der Waals surface area (Å²) in [5.74, 6) is 1.64. The summed E-state index contributed by atoms with van der Waals surface area (Å²) >= 11 is 0. The highest BCUT2D eigenvalue weighted by Crippen LogP contribution is 2.26. The lowest BCUT2D eigenvalue weighted by Crippen LogP contribution is -2.45. The van der Waals surface area contributed by atoms with Gasteiger partial charge >= 0.3 is 0 Å². The highest BCUT2D eigenvalue weighted by molar-refractivity contribution is 14.0. The number of aromatic nitrogens is 1. The molecule has 2 heterocycles. The minimum atomic E-state index is 0. The monoisotopic (exact) mass is 497 g/mol. The van der Waals surface area contributed by atoms with Gasteiger partial charge in [-0.3, -0.25) is 9.79 Å². The van der Waals surface area contributed by atoms with Gasteiger partial charge < -0.3 is 20.1 Å². The SMILES string of the molecule is CN=C(NCC(=O)N1CCCc2ccccc21)NCc1cc(C(C)C)no1.I. The fourth-order valence-electron chi connectivity index (χ4n) is 3.12. The topological polar surface area (TPSA) is 82.8 Å². The number of aliphatic imine (C=N–C) groups is 1. The molecule has 152 valence electrons. The van der Waals surface area contributed by atoms with Crippen LogP contribution in [0, 0.1) is 0 Å². The molecule has 0 atom stereocenters. The van der Waals surface area contributed by atoms with Crippen molar-refractivity contribution < 1.29 is 9.32 Å². The Labute approximate surface area is 183 Å². The minimum Gasteiger partial charge on any atom is -0.359 e. The molecule has 0 radical (unpaired) electrons. The number of nitrogens with zero attached hydrogens (tertiary/aromatic N) is 3. The third kappa shape index (κ3) is 5.46. The molecule has 0 spiro atoms. The van der Waals surface area contributed by atoms with Gasteiger partial charge in [0.1, 0.15) is 0 Å². The van der Waals surface area contributed by atoms with Crippen molar-refractivity contribution in [3.63, 3.8) is 0 Å². The lowest BCUT2D eigenvalue weighted by atomic mass is 10.0. The number of nitrogens with one attached hydrogen (secondary N) is 2. The summed E-state index contributed by atoms with van der Waals surface area (Å²) < 4.78 is 5.31. The van der Waals surface area contributed by atoms with E-state index in [1.165, 1.54) is 5.56 Å². The Morgan fingerprint density at radius 1 is 1.32 bits per heavy atom. The Hall–Kier alpha value is -2.10. The van der Waals surface area contributed by atoms with E-state index in [9.17, 15) is 4.79 Å². The van der Waals surface area contributed by atoms with E-state index in [2.05, 4.69) is 40.7 Å². The van der Waals surface area contributed by atoms with Gasteiger partial charge in [-0.2, -0.15) is 0 Å². The van der Waals surface area contributed by atoms with Crippen LogP contribution in [0.25, 0.3) is 0 Å². The molecule has 28 heavy (non-hydrogen) atoms. The quantitative estimate of drug-likeness (QED) is 0.377. The third-order valence-corrected chi connectivity index (χ3v) is 4.64. The van der Waals surface area contributed by atoms with Crippen LogP contribution in [-0.2, 0) is 17.8 Å². The standard InChI is InChI=1S/C20H27N5O2.HI/c1-14(2)17-11-16(27-24-17)12-22-20(21-3)23-13-19(26)25-10-6-8-15-7-4-5-9-18(15)25;/h4-5,7,9,11,14H,6,8,10,12-13H2,1-3H3,(H2,21,22,23);1H. The van der Waals surface area contributed by atoms with Crippen molar-refractivity contribution in [2.75, 3.05) is 25.0 Å². The van der Waals surface area contributed by atoms with Gasteiger partial charge in [0, 0.05) is 25.3 Å². The van der Waals surface area contributed by atoms with Crippen molar-refractivity contribution in [1.29, 1.82) is 0 Å². The van der Waals surface area contributed by atoms with E-state index in [0.717, 1.165) is 36.5 Å². The molecule has 1 amide bonds. The first-order valence-electron chi connectivity index (χ1n) is 9.36. The molecule has 2 N–H and O–H groups in total. The van der Waals surface area contributed by atoms with Crippen LogP contribution >= 0.6 is 24.0 Å². The second-order valence-electron chi connectivity index (χ2n) is 6.93. The number of carbonyl (C=O) groups excluding carboxylic acids is 1. The normalized spacial score (nSPS) is 13.7. The first-order chi connectivity index (χ1) is 13.1. The number of anilines is 1. The highest BCUT2D eigenvalue weighted by Gasteiger charge is 2.22. The molecule has 8 heteroatoms. The Bertz CT molecular complexity index is 818. The van der Waals surface area contributed by atoms with E-state index in [1.807, 2.05) is 29.2 Å². The van der Waals surface area contributed by atoms with Crippen molar-refractivity contribution in [3.05, 3.63) is 47.3 Å². The summed E-state index contributed by atoms with van der Waals surface area (Å²) in [6.45, 7) is 5.53. The van der Waals surface area contributed by atoms with E-state index in [4.69, 9.17) is 4.52 Å². The van der Waals surface area contributed by atoms with Gasteiger partial charge in [-0.25, -0.2) is 0 Å². The van der Waals surface area contributed by atoms with Gasteiger partial charge in [0.2, 0.25) is 5.91 Å². The highest BCUT2D eigenvalue weighted by atomic mass is 127. The molecule has 0 bridgehead atoms. The van der Waals surface area contributed by atoms with Gasteiger partial charge in [0.15, 0.2) is 11.7 Å². The van der Waals surface area contributed by atoms with Crippen LogP contribution in [0.1, 0.15) is 43.2 Å². The number of amides is 1. The van der Waals surface area contributed by atoms with Crippen LogP contribution < -0.4 is 15.5 Å². The third-order valence-electron chi connectivity index (χ3n) is 4.64. The Morgan fingerprint density at radius 3 is 2.82 bits per heavy atom. The van der Waals surface area contributed by atoms with Crippen LogP contribution in [-0.4, -0.2) is 37.2 Å². The van der Waals surface area contributed by atoms with E-state index < -0.39 is 0 Å². The number of halogens is 1. The number of fused-ring (bicyclic) bond motifs is 1. The predicted molar refractivity (Wildman–Crippen MR) is 121 cm³/mol. The number of hydrogen-bond acceptors (Lipinski definition) is 4. The Kier molecular flexibility index (Phi) is 8.28. The first-order valence-corrected chi connectivity index (χ1v) is 9.36. The molecule has 1 aromatic carbocycles. The Balaban J connectivity index is 0.00000280. The number of hydrogen-bond donors (Lipinski definition) is 2. The van der Waals surface area contributed by atoms with Gasteiger partial charge in [-0.15, -0.1) is 24.0 Å². The summed E-state index contributed by atoms with van der Waals surface area (Å²) in [6, 6.07) is 10.0. The average molecular weight is 497 g/mol. The largest absolute Gasteiger partial charge is 0.359 e. The summed E-state index contributed by atoms with van der Waals surface area (Å²) in [5.41, 5.74) is 3.17. The maximum absolute atomic E-state index is 12.7. The molecule has 1 aliphatic rings. The van der Waals surface area contributed by atoms with Crippen LogP contribution in [0.3, 0.4) is 0 Å². The minimum absolute atomic E-state index is 0. The fourth-order valence-corrected chi connectivity index (χ4v) is 3.12. The van der Waals surface area contributed by atoms with Crippen molar-refractivity contribution in [2.24, 2.45) is 4.99 Å². The number of aryl methyl sites for hydroxylation is 1. The molecule has 0 aliphatic carbocycles. The maximum atomic E-state index is 12.7. The van der Waals surface area contributed by atoms with Gasteiger partial charge in [0.05, 0.1) is 18.8 Å². The van der Waals surface area contributed by atoms with Crippen LogP contribution in [0.15, 0.2) is 39.8 Å². The number of para-hydroxylation sites is 1. The zero-order valence-corrected chi connectivity index (χ0v) is 18.9. The zero-order chi connectivity index (χ0) is 19.2. The van der Waals surface area contributed by atoms with E-state index in [0.29, 0.717) is 18.4 Å². The molecule has 0 saturated heterocycles. The summed E-state index contributed by atoms with van der Waals surface area (Å²) in [5, 5.41) is 10.3. The number of rotatable bonds is 5. The van der Waals surface area contributed by atoms with E-state index in [-0.39, 0.29) is 36.4 Å². The molecular formula is C20H28IN5O2. The lowest BCUT2D eigenvalue weighted by molar-refractivity contribution is -0.117. The van der Waals surface area contributed by atoms with Crippen molar-refractivity contribution >= 4 is 41.5 Å². The number of guanidine groups is 1. The van der Waals surface area contributed by atoms with E-state index >= 15 is 0 Å². The second-order valence-corrected chi connectivity index (χ2v) is 6.93. The predicted octanol–water partition coefficient (Wildman–Crippen LogP) is 3.06. The van der Waals surface area contributed by atoms with Crippen molar-refractivity contribution in [3.8, 4) is 0 Å². The van der Waals surface area contributed by atoms with Gasteiger partial charge in [0.25, 0.3) is 0 Å². The molecule has 2 aromatic rings. The van der Waals surface area contributed by atoms with Gasteiger partial charge in [-0.05, 0) is 30.4 Å². The molecular weight excluding hydrogens is 469 g/mol. The maximum Gasteiger partial charge on any atom is 0.246 e. The lowest BCUT2D eigenvalue weighted by Gasteiger charge is -2.29. The van der Waals surface area contributed by atoms with Crippen LogP contribution in [0.4, 0.5) is 5.69 Å². The zero-order valence-electron chi connectivity index (χ0n) is 16.6. The van der Waals surface area contributed by atoms with E-state index in [1.54, 1.807) is 7.05 Å². The Morgan fingerprint density at radius 2 is 2.11 bits per heavy atom. The molecule has 7 nitrogen and oxygen atoms in total. The van der Waals surface area contributed by atoms with Crippen LogP contribution in [0.5, 0.6) is 0 Å². The number of carbonyl (C=O) groups is 1. The van der Waals surface area contributed by atoms with Crippen molar-refractivity contribution in [1.82, 2.24) is 15.8 Å². The van der Waals surface area contributed by atoms with Gasteiger partial charge in [-0.1, -0.05) is 37.2 Å².